The van der Waals surface area contributed by atoms with Crippen molar-refractivity contribution in [3.63, 3.8) is 0 Å². The number of carboxylic acids is 1. The van der Waals surface area contributed by atoms with Crippen LogP contribution >= 0.6 is 0 Å². The first-order chi connectivity index (χ1) is 8.79. The van der Waals surface area contributed by atoms with Crippen LogP contribution in [0.2, 0.25) is 0 Å². The molecule has 7 heteroatoms. The smallest absolute Gasteiger partial charge is 0.326 e. The molecule has 110 valence electrons. The number of hydrogen-bond donors (Lipinski definition) is 2. The van der Waals surface area contributed by atoms with E-state index in [1.807, 2.05) is 0 Å². The lowest BCUT2D eigenvalue weighted by Crippen LogP contribution is -2.46. The molecule has 6 nitrogen and oxygen atoms in total. The molecular formula is C12H21NO5S. The zero-order valence-corrected chi connectivity index (χ0v) is 11.9. The van der Waals surface area contributed by atoms with Crippen molar-refractivity contribution in [3.05, 3.63) is 0 Å². The van der Waals surface area contributed by atoms with Crippen molar-refractivity contribution < 1.29 is 23.1 Å². The van der Waals surface area contributed by atoms with Crippen molar-refractivity contribution in [3.8, 4) is 0 Å². The summed E-state index contributed by atoms with van der Waals surface area (Å²) in [6.45, 7) is 0. The van der Waals surface area contributed by atoms with Gasteiger partial charge in [0.2, 0.25) is 5.91 Å². The average Bonchev–Trinajstić information content (AvgIpc) is 2.33. The van der Waals surface area contributed by atoms with Gasteiger partial charge in [0.05, 0.1) is 5.75 Å². The van der Waals surface area contributed by atoms with Crippen LogP contribution in [0.3, 0.4) is 0 Å². The molecule has 19 heavy (non-hydrogen) atoms. The third-order valence-electron chi connectivity index (χ3n) is 3.40. The Kier molecular flexibility index (Phi) is 5.78. The first-order valence-electron chi connectivity index (χ1n) is 6.49. The monoisotopic (exact) mass is 291 g/mol. The van der Waals surface area contributed by atoms with Gasteiger partial charge in [0.15, 0.2) is 0 Å². The molecular weight excluding hydrogens is 270 g/mol. The molecule has 1 unspecified atom stereocenters. The molecule has 1 amide bonds. The fraction of sp³-hybridized carbons (Fsp3) is 0.833. The maximum atomic E-state index is 11.6. The van der Waals surface area contributed by atoms with E-state index in [0.717, 1.165) is 38.4 Å². The van der Waals surface area contributed by atoms with E-state index in [1.54, 1.807) is 0 Å². The van der Waals surface area contributed by atoms with Gasteiger partial charge < -0.3 is 10.4 Å². The van der Waals surface area contributed by atoms with Crippen LogP contribution in [0.4, 0.5) is 0 Å². The van der Waals surface area contributed by atoms with E-state index in [4.69, 9.17) is 5.11 Å². The van der Waals surface area contributed by atoms with Gasteiger partial charge in [-0.15, -0.1) is 0 Å². The summed E-state index contributed by atoms with van der Waals surface area (Å²) in [5.74, 6) is -1.85. The standard InChI is InChI=1S/C12H21NO5S/c1-19(17,18)8-7-10(14)13-11(12(15)16)9-5-3-2-4-6-9/h9,11H,2-8H2,1H3,(H,13,14)(H,15,16). The van der Waals surface area contributed by atoms with Crippen molar-refractivity contribution in [2.45, 2.75) is 44.6 Å². The van der Waals surface area contributed by atoms with E-state index >= 15 is 0 Å². The Bertz CT molecular complexity index is 425. The molecule has 1 fully saturated rings. The molecule has 0 bridgehead atoms. The van der Waals surface area contributed by atoms with E-state index in [0.29, 0.717) is 0 Å². The Morgan fingerprint density at radius 2 is 1.84 bits per heavy atom. The Morgan fingerprint density at radius 3 is 2.32 bits per heavy atom. The summed E-state index contributed by atoms with van der Waals surface area (Å²) in [5, 5.41) is 11.6. The van der Waals surface area contributed by atoms with Crippen LogP contribution in [0, 0.1) is 5.92 Å². The molecule has 2 N–H and O–H groups in total. The summed E-state index contributed by atoms with van der Waals surface area (Å²) in [6.07, 6.45) is 5.52. The molecule has 0 aromatic rings. The summed E-state index contributed by atoms with van der Waals surface area (Å²) in [7, 11) is -3.21. The third-order valence-corrected chi connectivity index (χ3v) is 4.35. The predicted molar refractivity (Wildman–Crippen MR) is 70.5 cm³/mol. The minimum atomic E-state index is -3.21. The molecule has 0 aliphatic heterocycles. The highest BCUT2D eigenvalue weighted by Gasteiger charge is 2.30. The summed E-state index contributed by atoms with van der Waals surface area (Å²) in [6, 6.07) is -0.896. The van der Waals surface area contributed by atoms with Crippen LogP contribution in [0.5, 0.6) is 0 Å². The Balaban J connectivity index is 2.53. The normalized spacial score (nSPS) is 18.8. The number of nitrogens with one attached hydrogen (secondary N) is 1. The lowest BCUT2D eigenvalue weighted by atomic mass is 9.84. The molecule has 0 radical (unpaired) electrons. The van der Waals surface area contributed by atoms with Gasteiger partial charge in [0.1, 0.15) is 15.9 Å². The highest BCUT2D eigenvalue weighted by Crippen LogP contribution is 2.26. The van der Waals surface area contributed by atoms with E-state index in [2.05, 4.69) is 5.32 Å². The number of sulfone groups is 1. The second-order valence-corrected chi connectivity index (χ2v) is 7.42. The van der Waals surface area contributed by atoms with Crippen LogP contribution in [0.15, 0.2) is 0 Å². The van der Waals surface area contributed by atoms with E-state index in [1.165, 1.54) is 0 Å². The SMILES string of the molecule is CS(=O)(=O)CCC(=O)NC(C(=O)O)C1CCCCC1. The minimum absolute atomic E-state index is 0.0477. The number of carbonyl (C=O) groups excluding carboxylic acids is 1. The fourth-order valence-corrected chi connectivity index (χ4v) is 2.93. The Morgan fingerprint density at radius 1 is 1.26 bits per heavy atom. The van der Waals surface area contributed by atoms with Crippen LogP contribution in [0.1, 0.15) is 38.5 Å². The maximum Gasteiger partial charge on any atom is 0.326 e. The quantitative estimate of drug-likeness (QED) is 0.745. The highest BCUT2D eigenvalue weighted by atomic mass is 32.2. The van der Waals surface area contributed by atoms with Crippen LogP contribution in [0.25, 0.3) is 0 Å². The number of carbonyl (C=O) groups is 2. The molecule has 1 rings (SSSR count). The van der Waals surface area contributed by atoms with Gasteiger partial charge in [-0.1, -0.05) is 19.3 Å². The summed E-state index contributed by atoms with van der Waals surface area (Å²) < 4.78 is 21.9. The molecule has 1 aliphatic rings. The first-order valence-corrected chi connectivity index (χ1v) is 8.55. The number of rotatable bonds is 6. The molecule has 0 spiro atoms. The number of carboxylic acid groups (broad SMARTS) is 1. The second kappa shape index (κ2) is 6.88. The molecule has 1 atom stereocenters. The fourth-order valence-electron chi connectivity index (χ4n) is 2.37. The Labute approximate surface area is 113 Å². The lowest BCUT2D eigenvalue weighted by molar-refractivity contribution is -0.143. The molecule has 1 aliphatic carbocycles. The zero-order valence-electron chi connectivity index (χ0n) is 11.1. The van der Waals surface area contributed by atoms with E-state index in [-0.39, 0.29) is 18.1 Å². The minimum Gasteiger partial charge on any atom is -0.480 e. The predicted octanol–water partition coefficient (Wildman–Crippen LogP) is 0.571. The van der Waals surface area contributed by atoms with Gasteiger partial charge >= 0.3 is 5.97 Å². The molecule has 0 aromatic heterocycles. The van der Waals surface area contributed by atoms with E-state index in [9.17, 15) is 18.0 Å². The van der Waals surface area contributed by atoms with Gasteiger partial charge in [-0.25, -0.2) is 13.2 Å². The summed E-state index contributed by atoms with van der Waals surface area (Å²) >= 11 is 0. The van der Waals surface area contributed by atoms with E-state index < -0.39 is 27.8 Å². The zero-order chi connectivity index (χ0) is 14.5. The van der Waals surface area contributed by atoms with Gasteiger partial charge in [-0.3, -0.25) is 4.79 Å². The summed E-state index contributed by atoms with van der Waals surface area (Å²) in [5.41, 5.74) is 0. The molecule has 0 heterocycles. The number of aliphatic carboxylic acids is 1. The third kappa shape index (κ3) is 6.04. The Hall–Kier alpha value is -1.11. The molecule has 0 saturated heterocycles. The van der Waals surface area contributed by atoms with Crippen molar-refractivity contribution in [1.82, 2.24) is 5.32 Å². The van der Waals surface area contributed by atoms with Crippen molar-refractivity contribution in [2.75, 3.05) is 12.0 Å². The lowest BCUT2D eigenvalue weighted by Gasteiger charge is -2.28. The van der Waals surface area contributed by atoms with Crippen LogP contribution in [-0.4, -0.2) is 43.5 Å². The molecule has 1 saturated carbocycles. The van der Waals surface area contributed by atoms with Crippen LogP contribution < -0.4 is 5.32 Å². The van der Waals surface area contributed by atoms with Gasteiger partial charge in [-0.05, 0) is 18.8 Å². The topological polar surface area (TPSA) is 101 Å². The van der Waals surface area contributed by atoms with Crippen molar-refractivity contribution in [1.29, 1.82) is 0 Å². The average molecular weight is 291 g/mol. The van der Waals surface area contributed by atoms with Gasteiger partial charge in [-0.2, -0.15) is 0 Å². The van der Waals surface area contributed by atoms with Crippen molar-refractivity contribution in [2.24, 2.45) is 5.92 Å². The van der Waals surface area contributed by atoms with Crippen molar-refractivity contribution >= 4 is 21.7 Å². The van der Waals surface area contributed by atoms with Gasteiger partial charge in [0, 0.05) is 12.7 Å². The highest BCUT2D eigenvalue weighted by molar-refractivity contribution is 7.90. The largest absolute Gasteiger partial charge is 0.480 e. The first kappa shape index (κ1) is 15.9. The molecule has 0 aromatic carbocycles. The summed E-state index contributed by atoms with van der Waals surface area (Å²) in [4.78, 5) is 22.8. The number of hydrogen-bond acceptors (Lipinski definition) is 4. The second-order valence-electron chi connectivity index (χ2n) is 5.16. The van der Waals surface area contributed by atoms with Crippen LogP contribution in [-0.2, 0) is 19.4 Å². The maximum absolute atomic E-state index is 11.6. The number of amides is 1. The van der Waals surface area contributed by atoms with Gasteiger partial charge in [0.25, 0.3) is 0 Å².